The van der Waals surface area contributed by atoms with Gasteiger partial charge in [0.2, 0.25) is 0 Å². The van der Waals surface area contributed by atoms with Gasteiger partial charge in [0, 0.05) is 0 Å². The fourth-order valence-corrected chi connectivity index (χ4v) is 1.90. The largest absolute Gasteiger partial charge is 0.394 e. The van der Waals surface area contributed by atoms with E-state index in [-0.39, 0.29) is 10.5 Å². The van der Waals surface area contributed by atoms with E-state index in [4.69, 9.17) is 22.1 Å². The third-order valence-electron chi connectivity index (χ3n) is 2.62. The van der Waals surface area contributed by atoms with Crippen LogP contribution in [0.3, 0.4) is 0 Å². The Morgan fingerprint density at radius 1 is 1.47 bits per heavy atom. The number of ether oxygens (including phenoxy) is 1. The summed E-state index contributed by atoms with van der Waals surface area (Å²) in [4.78, 5) is 5.99. The fraction of sp³-hybridized carbons (Fsp3) is 0.556. The van der Waals surface area contributed by atoms with Gasteiger partial charge in [0.15, 0.2) is 10.6 Å². The second-order valence-electron chi connectivity index (χ2n) is 3.71. The van der Waals surface area contributed by atoms with Crippen LogP contribution in [0.1, 0.15) is 11.8 Å². The molecular weight excluding hydrogens is 251 g/mol. The number of aliphatic hydroxyl groups is 3. The third kappa shape index (κ3) is 2.22. The van der Waals surface area contributed by atoms with Crippen LogP contribution in [-0.2, 0) is 4.74 Å². The van der Waals surface area contributed by atoms with E-state index >= 15 is 0 Å². The van der Waals surface area contributed by atoms with Crippen LogP contribution < -0.4 is 0 Å². The molecule has 0 saturated carbocycles. The molecule has 1 saturated heterocycles. The average molecular weight is 262 g/mol. The maximum atomic E-state index is 13.5. The third-order valence-corrected chi connectivity index (χ3v) is 2.83. The minimum atomic E-state index is -1.34. The molecule has 0 aromatic carbocycles. The summed E-state index contributed by atoms with van der Waals surface area (Å²) < 4.78 is 18.7. The van der Waals surface area contributed by atoms with Crippen molar-refractivity contribution < 1.29 is 24.4 Å². The van der Waals surface area contributed by atoms with Crippen molar-refractivity contribution >= 4 is 12.2 Å². The highest BCUT2D eigenvalue weighted by Gasteiger charge is 2.44. The molecule has 1 fully saturated rings. The highest BCUT2D eigenvalue weighted by molar-refractivity contribution is 7.71. The van der Waals surface area contributed by atoms with Crippen molar-refractivity contribution in [2.24, 2.45) is 0 Å². The molecule has 0 aliphatic carbocycles. The monoisotopic (exact) mass is 262 g/mol. The van der Waals surface area contributed by atoms with Crippen LogP contribution in [0.2, 0.25) is 0 Å². The van der Waals surface area contributed by atoms with Crippen molar-refractivity contribution in [3.8, 4) is 0 Å². The summed E-state index contributed by atoms with van der Waals surface area (Å²) in [7, 11) is 0. The molecule has 4 atom stereocenters. The number of H-pyrrole nitrogens is 1. The maximum Gasteiger partial charge on any atom is 0.197 e. The zero-order valence-electron chi connectivity index (χ0n) is 8.58. The molecule has 1 aromatic rings. The standard InChI is InChI=1S/C9H11FN2O4S/c10-3-1-11-9(17)12-5(3)8-7(15)6(14)4(2-13)16-8/h1,4,6-8,13-15H,2H2,(H,11,12,17)/t4-,6-,7+,8?/m1/s1. The second-order valence-corrected chi connectivity index (χ2v) is 4.10. The second kappa shape index (κ2) is 4.75. The fourth-order valence-electron chi connectivity index (χ4n) is 1.74. The number of aromatic nitrogens is 2. The Kier molecular flexibility index (Phi) is 3.50. The number of aliphatic hydroxyl groups excluding tert-OH is 3. The van der Waals surface area contributed by atoms with Crippen molar-refractivity contribution in [3.05, 3.63) is 22.5 Å². The minimum Gasteiger partial charge on any atom is -0.394 e. The van der Waals surface area contributed by atoms with E-state index in [9.17, 15) is 14.6 Å². The van der Waals surface area contributed by atoms with Crippen molar-refractivity contribution in [3.63, 3.8) is 0 Å². The zero-order valence-corrected chi connectivity index (χ0v) is 9.39. The van der Waals surface area contributed by atoms with Gasteiger partial charge in [-0.15, -0.1) is 0 Å². The number of aromatic amines is 1. The molecule has 8 heteroatoms. The quantitative estimate of drug-likeness (QED) is 0.533. The number of halogens is 1. The molecule has 2 rings (SSSR count). The first-order valence-corrected chi connectivity index (χ1v) is 5.32. The van der Waals surface area contributed by atoms with Gasteiger partial charge in [-0.25, -0.2) is 9.37 Å². The van der Waals surface area contributed by atoms with Crippen LogP contribution in [0.15, 0.2) is 6.20 Å². The highest BCUT2D eigenvalue weighted by Crippen LogP contribution is 2.33. The van der Waals surface area contributed by atoms with Crippen molar-refractivity contribution in [2.45, 2.75) is 24.4 Å². The Morgan fingerprint density at radius 2 is 2.18 bits per heavy atom. The number of hydrogen-bond acceptors (Lipinski definition) is 6. The van der Waals surface area contributed by atoms with Gasteiger partial charge in [-0.3, -0.25) is 0 Å². The van der Waals surface area contributed by atoms with Crippen molar-refractivity contribution in [1.29, 1.82) is 0 Å². The van der Waals surface area contributed by atoms with Crippen molar-refractivity contribution in [1.82, 2.24) is 9.97 Å². The predicted octanol–water partition coefficient (Wildman–Crippen LogP) is -0.568. The van der Waals surface area contributed by atoms with Crippen LogP contribution >= 0.6 is 12.2 Å². The zero-order chi connectivity index (χ0) is 12.6. The van der Waals surface area contributed by atoms with Crippen LogP contribution in [-0.4, -0.2) is 50.2 Å². The molecule has 94 valence electrons. The summed E-state index contributed by atoms with van der Waals surface area (Å²) in [6, 6.07) is 0. The molecule has 0 amide bonds. The molecular formula is C9H11FN2O4S. The topological polar surface area (TPSA) is 98.6 Å². The molecule has 0 spiro atoms. The molecule has 6 nitrogen and oxygen atoms in total. The van der Waals surface area contributed by atoms with E-state index in [1.165, 1.54) is 0 Å². The molecule has 2 heterocycles. The molecule has 1 aliphatic rings. The predicted molar refractivity (Wildman–Crippen MR) is 56.1 cm³/mol. The Morgan fingerprint density at radius 3 is 2.76 bits per heavy atom. The molecule has 17 heavy (non-hydrogen) atoms. The summed E-state index contributed by atoms with van der Waals surface area (Å²) in [6.07, 6.45) is -3.77. The summed E-state index contributed by atoms with van der Waals surface area (Å²) >= 11 is 4.74. The van der Waals surface area contributed by atoms with Gasteiger partial charge in [0.05, 0.1) is 18.5 Å². The number of nitrogens with zero attached hydrogens (tertiary/aromatic N) is 1. The molecule has 1 aromatic heterocycles. The highest BCUT2D eigenvalue weighted by atomic mass is 32.1. The van der Waals surface area contributed by atoms with E-state index < -0.39 is 36.8 Å². The Labute approximate surface area is 101 Å². The lowest BCUT2D eigenvalue weighted by Gasteiger charge is -2.14. The lowest BCUT2D eigenvalue weighted by molar-refractivity contribution is -0.0250. The van der Waals surface area contributed by atoms with Crippen LogP contribution in [0.5, 0.6) is 0 Å². The van der Waals surface area contributed by atoms with Gasteiger partial charge in [-0.2, -0.15) is 0 Å². The SMILES string of the molecule is OC[C@H]1OC(c2[nH]c(=S)ncc2F)[C@@H](O)[C@@H]1O. The lowest BCUT2D eigenvalue weighted by Crippen LogP contribution is -2.32. The van der Waals surface area contributed by atoms with E-state index in [2.05, 4.69) is 9.97 Å². The van der Waals surface area contributed by atoms with Gasteiger partial charge < -0.3 is 25.0 Å². The van der Waals surface area contributed by atoms with Gasteiger partial charge in [0.25, 0.3) is 0 Å². The maximum absolute atomic E-state index is 13.5. The summed E-state index contributed by atoms with van der Waals surface area (Å²) in [5.41, 5.74) is -0.0903. The number of hydrogen-bond donors (Lipinski definition) is 4. The first-order valence-electron chi connectivity index (χ1n) is 4.91. The van der Waals surface area contributed by atoms with Gasteiger partial charge in [-0.1, -0.05) is 0 Å². The van der Waals surface area contributed by atoms with Crippen LogP contribution in [0, 0.1) is 10.6 Å². The number of rotatable bonds is 2. The first-order chi connectivity index (χ1) is 8.04. The minimum absolute atomic E-state index is 0.0409. The van der Waals surface area contributed by atoms with E-state index in [1.807, 2.05) is 0 Å². The van der Waals surface area contributed by atoms with Crippen LogP contribution in [0.25, 0.3) is 0 Å². The van der Waals surface area contributed by atoms with Crippen molar-refractivity contribution in [2.75, 3.05) is 6.61 Å². The Hall–Kier alpha value is -0.930. The summed E-state index contributed by atoms with van der Waals surface area (Å²) in [5, 5.41) is 28.1. The van der Waals surface area contributed by atoms with E-state index in [1.54, 1.807) is 0 Å². The first kappa shape index (κ1) is 12.5. The molecule has 1 aliphatic heterocycles. The Balaban J connectivity index is 2.35. The van der Waals surface area contributed by atoms with Gasteiger partial charge >= 0.3 is 0 Å². The molecule has 0 bridgehead atoms. The van der Waals surface area contributed by atoms with Gasteiger partial charge in [-0.05, 0) is 12.2 Å². The summed E-state index contributed by atoms with van der Waals surface area (Å²) in [5.74, 6) is -0.728. The molecule has 1 unspecified atom stereocenters. The molecule has 0 radical (unpaired) electrons. The van der Waals surface area contributed by atoms with E-state index in [0.717, 1.165) is 6.20 Å². The van der Waals surface area contributed by atoms with E-state index in [0.29, 0.717) is 0 Å². The normalized spacial score (nSPS) is 32.9. The Bertz CT molecular complexity index is 469. The summed E-state index contributed by atoms with van der Waals surface area (Å²) in [6.45, 7) is -0.470. The van der Waals surface area contributed by atoms with Crippen LogP contribution in [0.4, 0.5) is 4.39 Å². The van der Waals surface area contributed by atoms with Gasteiger partial charge in [0.1, 0.15) is 24.4 Å². The number of nitrogens with one attached hydrogen (secondary N) is 1. The lowest BCUT2D eigenvalue weighted by atomic mass is 10.1. The average Bonchev–Trinajstić information content (AvgIpc) is 2.59. The smallest absolute Gasteiger partial charge is 0.197 e. The molecule has 4 N–H and O–H groups in total.